The minimum atomic E-state index is -0.640. The van der Waals surface area contributed by atoms with Crippen LogP contribution in [0.2, 0.25) is 5.02 Å². The van der Waals surface area contributed by atoms with Crippen molar-refractivity contribution in [2.24, 2.45) is 0 Å². The van der Waals surface area contributed by atoms with E-state index in [-0.39, 0.29) is 16.6 Å². The first-order valence-electron chi connectivity index (χ1n) is 10.0. The molecule has 33 heavy (non-hydrogen) atoms. The molecule has 3 aromatic carbocycles. The lowest BCUT2D eigenvalue weighted by molar-refractivity contribution is -0.120. The monoisotopic (exact) mass is 479 g/mol. The topological polar surface area (TPSA) is 78.5 Å². The van der Waals surface area contributed by atoms with Crippen molar-refractivity contribution in [2.45, 2.75) is 13.8 Å². The Morgan fingerprint density at radius 3 is 2.21 bits per heavy atom. The standard InChI is InChI=1S/C25H19Cl2N3O3/c1-14-7-12-18(13-19(14)26)30-24(32)21(27)22(25(30)33)28-17-10-8-16(9-11-17)23(31)29-20-6-4-3-5-15(20)2/h3-13,28H,1-2H3,(H,29,31). The summed E-state index contributed by atoms with van der Waals surface area (Å²) >= 11 is 12.3. The van der Waals surface area contributed by atoms with E-state index in [2.05, 4.69) is 10.6 Å². The van der Waals surface area contributed by atoms with Crippen LogP contribution in [0.15, 0.2) is 77.5 Å². The third-order valence-corrected chi connectivity index (χ3v) is 6.01. The molecule has 0 bridgehead atoms. The number of halogens is 2. The second-order valence-electron chi connectivity index (χ2n) is 7.54. The molecule has 0 aromatic heterocycles. The van der Waals surface area contributed by atoms with E-state index in [4.69, 9.17) is 23.2 Å². The van der Waals surface area contributed by atoms with Gasteiger partial charge in [0.15, 0.2) is 0 Å². The Morgan fingerprint density at radius 1 is 0.848 bits per heavy atom. The van der Waals surface area contributed by atoms with Crippen molar-refractivity contribution in [1.29, 1.82) is 0 Å². The molecule has 2 N–H and O–H groups in total. The van der Waals surface area contributed by atoms with Crippen LogP contribution in [0.25, 0.3) is 0 Å². The summed E-state index contributed by atoms with van der Waals surface area (Å²) in [5, 5.41) is 5.97. The van der Waals surface area contributed by atoms with Crippen LogP contribution in [0.5, 0.6) is 0 Å². The highest BCUT2D eigenvalue weighted by molar-refractivity contribution is 6.53. The van der Waals surface area contributed by atoms with Crippen molar-refractivity contribution in [3.63, 3.8) is 0 Å². The maximum atomic E-state index is 12.9. The van der Waals surface area contributed by atoms with Crippen molar-refractivity contribution in [1.82, 2.24) is 0 Å². The van der Waals surface area contributed by atoms with Crippen LogP contribution in [-0.4, -0.2) is 17.7 Å². The lowest BCUT2D eigenvalue weighted by Crippen LogP contribution is -2.32. The second-order valence-corrected chi connectivity index (χ2v) is 8.32. The van der Waals surface area contributed by atoms with Crippen LogP contribution in [0.3, 0.4) is 0 Å². The maximum absolute atomic E-state index is 12.9. The molecule has 166 valence electrons. The van der Waals surface area contributed by atoms with Gasteiger partial charge in [0.25, 0.3) is 17.7 Å². The molecule has 0 fully saturated rings. The van der Waals surface area contributed by atoms with Crippen molar-refractivity contribution in [3.05, 3.63) is 99.2 Å². The fourth-order valence-corrected chi connectivity index (χ4v) is 3.71. The molecule has 0 radical (unpaired) electrons. The average Bonchev–Trinajstić information content (AvgIpc) is 3.01. The van der Waals surface area contributed by atoms with Crippen molar-refractivity contribution >= 4 is 58.0 Å². The van der Waals surface area contributed by atoms with Gasteiger partial charge in [0.05, 0.1) is 5.69 Å². The second kappa shape index (κ2) is 9.10. The summed E-state index contributed by atoms with van der Waals surface area (Å²) in [6, 6.07) is 18.9. The lowest BCUT2D eigenvalue weighted by atomic mass is 10.1. The predicted molar refractivity (Wildman–Crippen MR) is 131 cm³/mol. The van der Waals surface area contributed by atoms with Gasteiger partial charge in [-0.2, -0.15) is 0 Å². The van der Waals surface area contributed by atoms with E-state index in [1.165, 1.54) is 0 Å². The SMILES string of the molecule is Cc1ccc(N2C(=O)C(Cl)=C(Nc3ccc(C(=O)Nc4ccccc4C)cc3)C2=O)cc1Cl. The third-order valence-electron chi connectivity index (χ3n) is 5.25. The quantitative estimate of drug-likeness (QED) is 0.463. The number of imide groups is 1. The zero-order chi connectivity index (χ0) is 23.7. The fraction of sp³-hybridized carbons (Fsp3) is 0.0800. The minimum Gasteiger partial charge on any atom is -0.350 e. The van der Waals surface area contributed by atoms with Crippen LogP contribution in [-0.2, 0) is 9.59 Å². The van der Waals surface area contributed by atoms with Crippen molar-refractivity contribution in [2.75, 3.05) is 15.5 Å². The zero-order valence-corrected chi connectivity index (χ0v) is 19.3. The van der Waals surface area contributed by atoms with Gasteiger partial charge in [-0.3, -0.25) is 14.4 Å². The van der Waals surface area contributed by atoms with Gasteiger partial charge < -0.3 is 10.6 Å². The summed E-state index contributed by atoms with van der Waals surface area (Å²) in [4.78, 5) is 39.1. The highest BCUT2D eigenvalue weighted by Gasteiger charge is 2.39. The summed E-state index contributed by atoms with van der Waals surface area (Å²) in [5.41, 5.74) is 3.73. The number of carbonyl (C=O) groups is 3. The van der Waals surface area contributed by atoms with Gasteiger partial charge in [-0.15, -0.1) is 0 Å². The van der Waals surface area contributed by atoms with Crippen LogP contribution >= 0.6 is 23.2 Å². The number of hydrogen-bond acceptors (Lipinski definition) is 4. The number of nitrogens with zero attached hydrogens (tertiary/aromatic N) is 1. The molecule has 0 aliphatic carbocycles. The van der Waals surface area contributed by atoms with E-state index in [9.17, 15) is 14.4 Å². The Balaban J connectivity index is 1.50. The van der Waals surface area contributed by atoms with Gasteiger partial charge in [0.2, 0.25) is 0 Å². The fourth-order valence-electron chi connectivity index (χ4n) is 3.32. The number of carbonyl (C=O) groups excluding carboxylic acids is 3. The van der Waals surface area contributed by atoms with E-state index in [0.717, 1.165) is 21.7 Å². The molecule has 1 aliphatic heterocycles. The van der Waals surface area contributed by atoms with Gasteiger partial charge in [-0.05, 0) is 67.4 Å². The number of aryl methyl sites for hydroxylation is 2. The molecule has 1 heterocycles. The normalized spacial score (nSPS) is 13.5. The third kappa shape index (κ3) is 4.49. The zero-order valence-electron chi connectivity index (χ0n) is 17.8. The summed E-state index contributed by atoms with van der Waals surface area (Å²) < 4.78 is 0. The number of benzene rings is 3. The average molecular weight is 480 g/mol. The van der Waals surface area contributed by atoms with Crippen LogP contribution < -0.4 is 15.5 Å². The molecule has 8 heteroatoms. The summed E-state index contributed by atoms with van der Waals surface area (Å²) in [6.07, 6.45) is 0. The molecule has 0 saturated heterocycles. The summed E-state index contributed by atoms with van der Waals surface area (Å²) in [6.45, 7) is 3.73. The Morgan fingerprint density at radius 2 is 1.55 bits per heavy atom. The number of anilines is 3. The predicted octanol–water partition coefficient (Wildman–Crippen LogP) is 5.64. The van der Waals surface area contributed by atoms with Crippen LogP contribution in [0, 0.1) is 13.8 Å². The van der Waals surface area contributed by atoms with Gasteiger partial charge in [0, 0.05) is 22.0 Å². The summed E-state index contributed by atoms with van der Waals surface area (Å²) in [5.74, 6) is -1.49. The Hall–Kier alpha value is -3.61. The molecule has 0 saturated carbocycles. The van der Waals surface area contributed by atoms with Gasteiger partial charge in [0.1, 0.15) is 10.7 Å². The number of para-hydroxylation sites is 1. The highest BCUT2D eigenvalue weighted by Crippen LogP contribution is 2.32. The van der Waals surface area contributed by atoms with Crippen LogP contribution in [0.4, 0.5) is 17.1 Å². The number of hydrogen-bond donors (Lipinski definition) is 2. The molecule has 0 atom stereocenters. The van der Waals surface area contributed by atoms with Crippen LogP contribution in [0.1, 0.15) is 21.5 Å². The largest absolute Gasteiger partial charge is 0.350 e. The first kappa shape index (κ1) is 22.6. The van der Waals surface area contributed by atoms with Gasteiger partial charge in [-0.25, -0.2) is 4.90 Å². The number of rotatable bonds is 5. The minimum absolute atomic E-state index is 0.0459. The first-order valence-corrected chi connectivity index (χ1v) is 10.8. The molecular weight excluding hydrogens is 461 g/mol. The molecule has 0 unspecified atom stereocenters. The van der Waals surface area contributed by atoms with E-state index < -0.39 is 11.8 Å². The molecule has 1 aliphatic rings. The van der Waals surface area contributed by atoms with Crippen molar-refractivity contribution < 1.29 is 14.4 Å². The molecule has 6 nitrogen and oxygen atoms in total. The Bertz CT molecular complexity index is 1320. The Labute approximate surface area is 200 Å². The molecular formula is C25H19Cl2N3O3. The van der Waals surface area contributed by atoms with Crippen molar-refractivity contribution in [3.8, 4) is 0 Å². The Kier molecular flexibility index (Phi) is 6.22. The van der Waals surface area contributed by atoms with E-state index in [1.807, 2.05) is 38.1 Å². The van der Waals surface area contributed by atoms with E-state index >= 15 is 0 Å². The van der Waals surface area contributed by atoms with Gasteiger partial charge in [-0.1, -0.05) is 47.5 Å². The highest BCUT2D eigenvalue weighted by atomic mass is 35.5. The van der Waals surface area contributed by atoms with E-state index in [1.54, 1.807) is 42.5 Å². The molecule has 4 rings (SSSR count). The van der Waals surface area contributed by atoms with Gasteiger partial charge >= 0.3 is 0 Å². The molecule has 0 spiro atoms. The first-order chi connectivity index (χ1) is 15.8. The number of nitrogens with one attached hydrogen (secondary N) is 2. The summed E-state index contributed by atoms with van der Waals surface area (Å²) in [7, 11) is 0. The maximum Gasteiger partial charge on any atom is 0.283 e. The molecule has 3 amide bonds. The number of amides is 3. The lowest BCUT2D eigenvalue weighted by Gasteiger charge is -2.16. The molecule has 3 aromatic rings. The van der Waals surface area contributed by atoms with E-state index in [0.29, 0.717) is 22.0 Å². The smallest absolute Gasteiger partial charge is 0.283 e.